The molecule has 2 aliphatic carbocycles. The van der Waals surface area contributed by atoms with E-state index < -0.39 is 204 Å². The predicted octanol–water partition coefficient (Wildman–Crippen LogP) is 6.41. The van der Waals surface area contributed by atoms with Crippen molar-refractivity contribution in [3.63, 3.8) is 0 Å². The molecule has 2 aromatic rings. The summed E-state index contributed by atoms with van der Waals surface area (Å²) in [5.74, 6) is -17.8. The van der Waals surface area contributed by atoms with Crippen LogP contribution in [0.4, 0.5) is 30.7 Å². The maximum atomic E-state index is 16.0. The Balaban J connectivity index is 1.30. The normalized spacial score (nSPS) is 27.2. The molecule has 2 aromatic carbocycles. The summed E-state index contributed by atoms with van der Waals surface area (Å²) in [5, 5.41) is 7.99. The zero-order valence-corrected chi connectivity index (χ0v) is 59.7. The van der Waals surface area contributed by atoms with Gasteiger partial charge in [-0.3, -0.25) is 52.7 Å². The number of nitrogens with zero attached hydrogens (tertiary/aromatic N) is 8. The Labute approximate surface area is 581 Å². The fraction of sp³-hybridized carbons (Fsp3) is 0.676. The highest BCUT2D eigenvalue weighted by Gasteiger charge is 2.56. The molecule has 10 atom stereocenters. The summed E-state index contributed by atoms with van der Waals surface area (Å²) < 4.78 is 103. The van der Waals surface area contributed by atoms with Crippen molar-refractivity contribution in [1.29, 1.82) is 0 Å². The van der Waals surface area contributed by atoms with Crippen LogP contribution in [-0.2, 0) is 71.8 Å². The summed E-state index contributed by atoms with van der Waals surface area (Å²) in [6, 6.07) is -4.44. The summed E-state index contributed by atoms with van der Waals surface area (Å²) in [5.41, 5.74) is -3.02. The van der Waals surface area contributed by atoms with Gasteiger partial charge in [-0.25, -0.2) is 17.6 Å². The van der Waals surface area contributed by atoms with Crippen LogP contribution in [0.15, 0.2) is 36.4 Å². The molecule has 3 N–H and O–H groups in total. The lowest BCUT2D eigenvalue weighted by atomic mass is 9.74. The van der Waals surface area contributed by atoms with Gasteiger partial charge < -0.3 is 55.1 Å². The fourth-order valence-corrected chi connectivity index (χ4v) is 14.4. The molecule has 0 bridgehead atoms. The number of likely N-dealkylation sites (N-methyl/N-ethyl adjacent to an activating group) is 6. The lowest BCUT2D eigenvalue weighted by molar-refractivity contribution is -0.160. The largest absolute Gasteiger partial charge is 0.422 e. The number of benzene rings is 2. The van der Waals surface area contributed by atoms with Crippen molar-refractivity contribution in [3.8, 4) is 0 Å². The van der Waals surface area contributed by atoms with E-state index in [9.17, 15) is 41.9 Å². The highest BCUT2D eigenvalue weighted by molar-refractivity contribution is 6.00. The number of hydrogen-bond donors (Lipinski definition) is 3. The van der Waals surface area contributed by atoms with E-state index in [1.54, 1.807) is 45.0 Å². The van der Waals surface area contributed by atoms with Crippen LogP contribution in [-0.4, -0.2) is 231 Å². The number of halogens is 7. The van der Waals surface area contributed by atoms with E-state index in [1.807, 2.05) is 27.7 Å². The zero-order chi connectivity index (χ0) is 74.4. The van der Waals surface area contributed by atoms with Gasteiger partial charge in [0, 0.05) is 73.6 Å². The smallest absolute Gasteiger partial charge is 0.343 e. The van der Waals surface area contributed by atoms with Crippen molar-refractivity contribution >= 4 is 65.0 Å². The summed E-state index contributed by atoms with van der Waals surface area (Å²) in [6.45, 7) is 11.4. The SMILES string of the molecule is CC[C@H](C)[C@@H]1NC(=O)[C@H](CC(C)C)N(C)C(=O)C[C@@H](C)N(C)C(=O)[C@H](C2CCCCC2)N(C)C(=O)C2(CCC2)NC(=O)[C@@H]2CC(F)(F)CN2C(=O)[C@H](CCc2cc(F)c(C(F)(F)F)c(F)c2)NC(=O)CN(C)C(=O)[C@H](Cc2ccc(C)cc2)N(CC)C(=O)[C@@H]2CCN2C(=O)[C@H](C)N(C)C1=O. The molecule has 3 heterocycles. The third kappa shape index (κ3) is 18.1. The third-order valence-corrected chi connectivity index (χ3v) is 21.2. The van der Waals surface area contributed by atoms with Gasteiger partial charge in [0.1, 0.15) is 71.1 Å². The minimum absolute atomic E-state index is 0.0231. The number of carbonyl (C=O) groups is 11. The average molecular weight is 1420 g/mol. The van der Waals surface area contributed by atoms with Gasteiger partial charge in [-0.2, -0.15) is 13.2 Å². The number of rotatable bonds is 11. The molecule has 100 heavy (non-hydrogen) atoms. The van der Waals surface area contributed by atoms with Crippen molar-refractivity contribution in [2.45, 2.75) is 230 Å². The molecular weight excluding hydrogens is 1320 g/mol. The number of alkyl halides is 5. The Morgan fingerprint density at radius 3 is 1.82 bits per heavy atom. The molecule has 0 aromatic heterocycles. The molecule has 5 aliphatic rings. The predicted molar refractivity (Wildman–Crippen MR) is 355 cm³/mol. The number of fused-ring (bicyclic) bond motifs is 2. The van der Waals surface area contributed by atoms with Crippen LogP contribution in [0.2, 0.25) is 0 Å². The van der Waals surface area contributed by atoms with Gasteiger partial charge in [0.2, 0.25) is 65.0 Å². The van der Waals surface area contributed by atoms with Crippen LogP contribution in [0.25, 0.3) is 0 Å². The molecule has 0 unspecified atom stereocenters. The van der Waals surface area contributed by atoms with Crippen molar-refractivity contribution in [1.82, 2.24) is 55.1 Å². The first-order chi connectivity index (χ1) is 46.8. The summed E-state index contributed by atoms with van der Waals surface area (Å²) in [7, 11) is 6.94. The van der Waals surface area contributed by atoms with E-state index in [0.29, 0.717) is 61.1 Å². The van der Waals surface area contributed by atoms with Gasteiger partial charge in [-0.15, -0.1) is 0 Å². The quantitative estimate of drug-likeness (QED) is 0.207. The van der Waals surface area contributed by atoms with E-state index in [1.165, 1.54) is 71.6 Å². The Kier molecular flexibility index (Phi) is 26.1. The first-order valence-electron chi connectivity index (χ1n) is 34.9. The second-order valence-electron chi connectivity index (χ2n) is 28.8. The Hall–Kier alpha value is -7.88. The summed E-state index contributed by atoms with van der Waals surface area (Å²) >= 11 is 0. The average Bonchev–Trinajstić information content (AvgIpc) is 1.23. The van der Waals surface area contributed by atoms with Crippen molar-refractivity contribution in [2.75, 3.05) is 61.4 Å². The van der Waals surface area contributed by atoms with Gasteiger partial charge in [0.15, 0.2) is 0 Å². The van der Waals surface area contributed by atoms with E-state index in [-0.39, 0.29) is 57.5 Å². The van der Waals surface area contributed by atoms with Crippen LogP contribution < -0.4 is 16.0 Å². The molecule has 29 heteroatoms. The van der Waals surface area contributed by atoms with E-state index in [2.05, 4.69) is 16.0 Å². The molecule has 0 radical (unpaired) electrons. The van der Waals surface area contributed by atoms with Gasteiger partial charge in [0.05, 0.1) is 13.1 Å². The minimum Gasteiger partial charge on any atom is -0.343 e. The molecule has 22 nitrogen and oxygen atoms in total. The molecule has 554 valence electrons. The molecule has 2 saturated carbocycles. The number of nitrogens with one attached hydrogen (secondary N) is 3. The van der Waals surface area contributed by atoms with Crippen molar-refractivity contribution < 1.29 is 83.5 Å². The number of hydrogen-bond acceptors (Lipinski definition) is 11. The van der Waals surface area contributed by atoms with Gasteiger partial charge in [0.25, 0.3) is 5.92 Å². The van der Waals surface area contributed by atoms with Gasteiger partial charge in [-0.1, -0.05) is 83.2 Å². The number of carbonyl (C=O) groups excluding carboxylic acids is 11. The van der Waals surface area contributed by atoms with Crippen LogP contribution in [0, 0.1) is 36.3 Å². The molecule has 3 saturated heterocycles. The van der Waals surface area contributed by atoms with Crippen LogP contribution in [0.1, 0.15) is 161 Å². The Bertz CT molecular complexity index is 3340. The highest BCUT2D eigenvalue weighted by atomic mass is 19.4. The lowest BCUT2D eigenvalue weighted by Crippen LogP contribution is -2.68. The molecule has 3 aliphatic heterocycles. The van der Waals surface area contributed by atoms with Crippen molar-refractivity contribution in [2.24, 2.45) is 17.8 Å². The maximum Gasteiger partial charge on any atom is 0.422 e. The Morgan fingerprint density at radius 1 is 0.660 bits per heavy atom. The third-order valence-electron chi connectivity index (χ3n) is 21.2. The van der Waals surface area contributed by atoms with E-state index in [4.69, 9.17) is 0 Å². The Morgan fingerprint density at radius 2 is 1.28 bits per heavy atom. The van der Waals surface area contributed by atoms with Crippen LogP contribution >= 0.6 is 0 Å². The van der Waals surface area contributed by atoms with Gasteiger partial charge >= 0.3 is 6.18 Å². The molecule has 5 fully saturated rings. The topological polar surface area (TPSA) is 250 Å². The summed E-state index contributed by atoms with van der Waals surface area (Å²) in [6.07, 6.45) is -4.31. The highest BCUT2D eigenvalue weighted by Crippen LogP contribution is 2.40. The van der Waals surface area contributed by atoms with Crippen molar-refractivity contribution in [3.05, 3.63) is 70.3 Å². The monoisotopic (exact) mass is 1420 g/mol. The van der Waals surface area contributed by atoms with Gasteiger partial charge in [-0.05, 0) is 126 Å². The second-order valence-corrected chi connectivity index (χ2v) is 28.8. The maximum absolute atomic E-state index is 16.0. The summed E-state index contributed by atoms with van der Waals surface area (Å²) in [4.78, 5) is 172. The second kappa shape index (κ2) is 32.8. The standard InChI is InChI=1S/C71H100F7N11O11/c1-14-42(6)58-66(98)84(11)44(8)62(94)88-31-28-51(88)65(97)87(15-2)53(36-45-24-22-41(5)23-25-45)64(96)82(9)38-55(90)79-50(27-26-46-34-48(72)57(49(73)35-46)71(76,77)78)63(95)89-39-70(74,75)37-54(89)61(93)81-69(29-19-30-69)68(100)86(13)59(47-20-17-16-18-21-47)67(99)83(10)43(7)33-56(91)85(12)52(32-40(3)4)60(92)80-58/h22-25,34-35,40,42-44,47,50-54,58-59H,14-21,26-33,36-39H2,1-13H3,(H,79,90)(H,80,92)(H,81,93)/t42-,43+,44-,50-,51-,52-,53-,54-,58-,59-/m0/s1. The lowest BCUT2D eigenvalue weighted by Gasteiger charge is -2.47. The van der Waals surface area contributed by atoms with E-state index >= 15 is 41.5 Å². The van der Waals surface area contributed by atoms with Crippen LogP contribution in [0.5, 0.6) is 0 Å². The zero-order valence-electron chi connectivity index (χ0n) is 59.7. The van der Waals surface area contributed by atoms with E-state index in [0.717, 1.165) is 16.9 Å². The number of amides is 11. The fourth-order valence-electron chi connectivity index (χ4n) is 14.4. The molecule has 11 amide bonds. The molecular formula is C71H100F7N11O11. The molecule has 7 rings (SSSR count). The first kappa shape index (κ1) is 79.4. The number of aryl methyl sites for hydroxylation is 2. The van der Waals surface area contributed by atoms with Crippen LogP contribution in [0.3, 0.4) is 0 Å². The first-order valence-corrected chi connectivity index (χ1v) is 34.9. The molecule has 1 spiro atoms. The minimum atomic E-state index is -5.46.